The maximum Gasteiger partial charge on any atom is 0.0640 e. The fourth-order valence-corrected chi connectivity index (χ4v) is 2.99. The van der Waals surface area contributed by atoms with E-state index in [1.807, 2.05) is 25.1 Å². The molecule has 3 heteroatoms. The highest BCUT2D eigenvalue weighted by Gasteiger charge is 2.13. The van der Waals surface area contributed by atoms with Gasteiger partial charge in [0.2, 0.25) is 0 Å². The first-order chi connectivity index (χ1) is 7.68. The maximum atomic E-state index is 6.40. The zero-order valence-electron chi connectivity index (χ0n) is 8.91. The molecule has 1 heterocycles. The van der Waals surface area contributed by atoms with Crippen molar-refractivity contribution >= 4 is 34.5 Å². The van der Waals surface area contributed by atoms with Crippen molar-refractivity contribution in [3.8, 4) is 0 Å². The Bertz CT molecular complexity index is 463. The third-order valence-corrected chi connectivity index (χ3v) is 4.19. The first-order valence-corrected chi connectivity index (χ1v) is 6.84. The van der Waals surface area contributed by atoms with Crippen molar-refractivity contribution in [3.63, 3.8) is 0 Å². The SMILES string of the molecule is Cc1cccc(C(Cl)Cc2ccsc2)c1Cl. The average Bonchev–Trinajstić information content (AvgIpc) is 2.74. The summed E-state index contributed by atoms with van der Waals surface area (Å²) in [6.07, 6.45) is 0.828. The van der Waals surface area contributed by atoms with Gasteiger partial charge in [-0.2, -0.15) is 11.3 Å². The zero-order valence-corrected chi connectivity index (χ0v) is 11.2. The van der Waals surface area contributed by atoms with Gasteiger partial charge in [-0.05, 0) is 46.9 Å². The average molecular weight is 271 g/mol. The molecule has 0 aliphatic carbocycles. The van der Waals surface area contributed by atoms with Crippen molar-refractivity contribution in [1.82, 2.24) is 0 Å². The molecule has 1 unspecified atom stereocenters. The normalized spacial score (nSPS) is 12.7. The topological polar surface area (TPSA) is 0 Å². The lowest BCUT2D eigenvalue weighted by Gasteiger charge is -2.12. The van der Waals surface area contributed by atoms with E-state index in [0.29, 0.717) is 0 Å². The van der Waals surface area contributed by atoms with Gasteiger partial charge in [0.05, 0.1) is 5.38 Å². The molecule has 0 radical (unpaired) electrons. The van der Waals surface area contributed by atoms with E-state index >= 15 is 0 Å². The Kier molecular flexibility index (Phi) is 3.91. The monoisotopic (exact) mass is 270 g/mol. The van der Waals surface area contributed by atoms with Gasteiger partial charge in [0.15, 0.2) is 0 Å². The van der Waals surface area contributed by atoms with E-state index in [9.17, 15) is 0 Å². The molecule has 0 bridgehead atoms. The summed E-state index contributed by atoms with van der Waals surface area (Å²) in [4.78, 5) is 0. The Labute approximate surface area is 110 Å². The molecule has 0 saturated carbocycles. The maximum absolute atomic E-state index is 6.40. The van der Waals surface area contributed by atoms with Gasteiger partial charge < -0.3 is 0 Å². The molecule has 2 rings (SSSR count). The molecule has 0 saturated heterocycles. The van der Waals surface area contributed by atoms with E-state index in [4.69, 9.17) is 23.2 Å². The Hall–Kier alpha value is -0.500. The number of aryl methyl sites for hydroxylation is 1. The van der Waals surface area contributed by atoms with Gasteiger partial charge in [-0.15, -0.1) is 11.6 Å². The molecule has 84 valence electrons. The first-order valence-electron chi connectivity index (χ1n) is 5.08. The summed E-state index contributed by atoms with van der Waals surface area (Å²) >= 11 is 14.3. The molecule has 0 amide bonds. The van der Waals surface area contributed by atoms with Crippen LogP contribution in [0.2, 0.25) is 5.02 Å². The fourth-order valence-electron chi connectivity index (χ4n) is 1.64. The summed E-state index contributed by atoms with van der Waals surface area (Å²) in [5, 5.41) is 4.93. The lowest BCUT2D eigenvalue weighted by molar-refractivity contribution is 0.923. The number of hydrogen-bond donors (Lipinski definition) is 0. The van der Waals surface area contributed by atoms with Crippen molar-refractivity contribution in [1.29, 1.82) is 0 Å². The van der Waals surface area contributed by atoms with E-state index in [1.54, 1.807) is 11.3 Å². The van der Waals surface area contributed by atoms with Crippen LogP contribution in [0.1, 0.15) is 22.1 Å². The Morgan fingerprint density at radius 3 is 2.81 bits per heavy atom. The Balaban J connectivity index is 2.21. The van der Waals surface area contributed by atoms with Gasteiger partial charge in [-0.3, -0.25) is 0 Å². The minimum Gasteiger partial charge on any atom is -0.152 e. The first kappa shape index (κ1) is 12.0. The van der Waals surface area contributed by atoms with Crippen LogP contribution in [0.25, 0.3) is 0 Å². The smallest absolute Gasteiger partial charge is 0.0640 e. The van der Waals surface area contributed by atoms with E-state index in [2.05, 4.69) is 16.8 Å². The number of alkyl halides is 1. The molecular weight excluding hydrogens is 259 g/mol. The lowest BCUT2D eigenvalue weighted by Crippen LogP contribution is -1.96. The van der Waals surface area contributed by atoms with Crippen LogP contribution >= 0.6 is 34.5 Å². The predicted octanol–water partition coefficient (Wildman–Crippen LogP) is 5.23. The molecule has 0 spiro atoms. The fraction of sp³-hybridized carbons (Fsp3) is 0.231. The molecule has 2 aromatic rings. The van der Waals surface area contributed by atoms with Crippen molar-refractivity contribution < 1.29 is 0 Å². The molecule has 1 aromatic carbocycles. The molecule has 1 atom stereocenters. The summed E-state index contributed by atoms with van der Waals surface area (Å²) in [6.45, 7) is 2.00. The summed E-state index contributed by atoms with van der Waals surface area (Å²) in [7, 11) is 0. The molecule has 0 fully saturated rings. The van der Waals surface area contributed by atoms with Crippen molar-refractivity contribution in [2.24, 2.45) is 0 Å². The number of halogens is 2. The summed E-state index contributed by atoms with van der Waals surface area (Å²) in [6, 6.07) is 8.10. The second-order valence-corrected chi connectivity index (χ2v) is 5.47. The molecule has 16 heavy (non-hydrogen) atoms. The number of hydrogen-bond acceptors (Lipinski definition) is 1. The molecular formula is C13H12Cl2S. The Morgan fingerprint density at radius 1 is 1.31 bits per heavy atom. The quantitative estimate of drug-likeness (QED) is 0.670. The van der Waals surface area contributed by atoms with Crippen LogP contribution in [0.5, 0.6) is 0 Å². The highest BCUT2D eigenvalue weighted by molar-refractivity contribution is 7.07. The standard InChI is InChI=1S/C13H12Cl2S/c1-9-3-2-4-11(13(9)15)12(14)7-10-5-6-16-8-10/h2-6,8,12H,7H2,1H3. The molecule has 0 N–H and O–H groups in total. The second kappa shape index (κ2) is 5.22. The van der Waals surface area contributed by atoms with E-state index in [-0.39, 0.29) is 5.38 Å². The van der Waals surface area contributed by atoms with Gasteiger partial charge in [0, 0.05) is 5.02 Å². The van der Waals surface area contributed by atoms with Gasteiger partial charge >= 0.3 is 0 Å². The van der Waals surface area contributed by atoms with Crippen LogP contribution in [0.15, 0.2) is 35.0 Å². The van der Waals surface area contributed by atoms with Crippen LogP contribution in [-0.2, 0) is 6.42 Å². The highest BCUT2D eigenvalue weighted by atomic mass is 35.5. The summed E-state index contributed by atoms with van der Waals surface area (Å²) in [5.41, 5.74) is 3.37. The van der Waals surface area contributed by atoms with Gasteiger partial charge in [-0.1, -0.05) is 29.8 Å². The third-order valence-electron chi connectivity index (χ3n) is 2.55. The molecule has 1 aromatic heterocycles. The van der Waals surface area contributed by atoms with Crippen LogP contribution in [0, 0.1) is 6.92 Å². The zero-order chi connectivity index (χ0) is 11.5. The van der Waals surface area contributed by atoms with E-state index < -0.39 is 0 Å². The van der Waals surface area contributed by atoms with Gasteiger partial charge in [0.1, 0.15) is 0 Å². The summed E-state index contributed by atoms with van der Waals surface area (Å²) in [5.74, 6) is 0. The van der Waals surface area contributed by atoms with Crippen molar-refractivity contribution in [2.75, 3.05) is 0 Å². The van der Waals surface area contributed by atoms with Gasteiger partial charge in [0.25, 0.3) is 0 Å². The molecule has 0 aliphatic heterocycles. The summed E-state index contributed by atoms with van der Waals surface area (Å²) < 4.78 is 0. The molecule has 0 aliphatic rings. The van der Waals surface area contributed by atoms with E-state index in [0.717, 1.165) is 22.6 Å². The minimum absolute atomic E-state index is 0.0537. The largest absolute Gasteiger partial charge is 0.152 e. The number of rotatable bonds is 3. The lowest BCUT2D eigenvalue weighted by atomic mass is 10.0. The Morgan fingerprint density at radius 2 is 2.12 bits per heavy atom. The molecule has 0 nitrogen and oxygen atoms in total. The second-order valence-electron chi connectivity index (χ2n) is 3.78. The van der Waals surface area contributed by atoms with Crippen molar-refractivity contribution in [3.05, 3.63) is 56.7 Å². The predicted molar refractivity (Wildman–Crippen MR) is 72.8 cm³/mol. The van der Waals surface area contributed by atoms with Crippen LogP contribution in [0.3, 0.4) is 0 Å². The van der Waals surface area contributed by atoms with Crippen molar-refractivity contribution in [2.45, 2.75) is 18.7 Å². The number of benzene rings is 1. The van der Waals surface area contributed by atoms with Crippen LogP contribution in [0.4, 0.5) is 0 Å². The van der Waals surface area contributed by atoms with E-state index in [1.165, 1.54) is 5.56 Å². The van der Waals surface area contributed by atoms with Crippen LogP contribution in [-0.4, -0.2) is 0 Å². The minimum atomic E-state index is -0.0537. The van der Waals surface area contributed by atoms with Crippen LogP contribution < -0.4 is 0 Å². The number of thiophene rings is 1. The highest BCUT2D eigenvalue weighted by Crippen LogP contribution is 2.32. The van der Waals surface area contributed by atoms with Gasteiger partial charge in [-0.25, -0.2) is 0 Å². The third kappa shape index (κ3) is 2.60.